The van der Waals surface area contributed by atoms with Crippen LogP contribution in [0.25, 0.3) is 11.0 Å². The molecule has 0 spiro atoms. The summed E-state index contributed by atoms with van der Waals surface area (Å²) in [5, 5.41) is 12.4. The van der Waals surface area contributed by atoms with E-state index in [0.717, 1.165) is 18.6 Å². The monoisotopic (exact) mass is 205 g/mol. The summed E-state index contributed by atoms with van der Waals surface area (Å²) >= 11 is 0. The molecule has 0 bridgehead atoms. The number of benzene rings is 1. The predicted octanol–water partition coefficient (Wildman–Crippen LogP) is 0.179. The largest absolute Gasteiger partial charge is 0.508 e. The third-order valence-corrected chi connectivity index (χ3v) is 2.83. The Balaban J connectivity index is 2.27. The molecule has 1 aromatic carbocycles. The van der Waals surface area contributed by atoms with E-state index in [4.69, 9.17) is 0 Å². The van der Waals surface area contributed by atoms with Crippen LogP contribution >= 0.6 is 0 Å². The number of hydrogen-bond acceptors (Lipinski definition) is 3. The fourth-order valence-electron chi connectivity index (χ4n) is 1.94. The molecule has 1 saturated heterocycles. The van der Waals surface area contributed by atoms with Crippen molar-refractivity contribution in [3.63, 3.8) is 0 Å². The van der Waals surface area contributed by atoms with Crippen LogP contribution in [0.2, 0.25) is 0 Å². The highest BCUT2D eigenvalue weighted by Gasteiger charge is 2.22. The quantitative estimate of drug-likeness (QED) is 0.622. The van der Waals surface area contributed by atoms with Crippen molar-refractivity contribution in [3.8, 4) is 5.75 Å². The topological polar surface area (TPSA) is 70.0 Å². The van der Waals surface area contributed by atoms with Crippen LogP contribution in [0.3, 0.4) is 0 Å². The van der Waals surface area contributed by atoms with Crippen molar-refractivity contribution in [1.29, 1.82) is 0 Å². The van der Waals surface area contributed by atoms with Gasteiger partial charge in [-0.2, -0.15) is 0 Å². The van der Waals surface area contributed by atoms with Crippen molar-refractivity contribution in [3.05, 3.63) is 28.7 Å². The minimum atomic E-state index is -0.109. The number of nitrogens with one attached hydrogen (secondary N) is 2. The molecule has 2 aromatic rings. The van der Waals surface area contributed by atoms with E-state index in [2.05, 4.69) is 10.3 Å². The average Bonchev–Trinajstić information content (AvgIpc) is 2.40. The van der Waals surface area contributed by atoms with Gasteiger partial charge < -0.3 is 15.4 Å². The van der Waals surface area contributed by atoms with Crippen molar-refractivity contribution in [2.75, 3.05) is 13.1 Å². The number of H-pyrrole nitrogens is 1. The van der Waals surface area contributed by atoms with Crippen LogP contribution < -0.4 is 11.0 Å². The van der Waals surface area contributed by atoms with Crippen molar-refractivity contribution < 1.29 is 5.11 Å². The van der Waals surface area contributed by atoms with Gasteiger partial charge in [-0.25, -0.2) is 4.79 Å². The maximum Gasteiger partial charge on any atom is 0.326 e. The number of fused-ring (bicyclic) bond motifs is 1. The number of hydrogen-bond donors (Lipinski definition) is 3. The van der Waals surface area contributed by atoms with E-state index >= 15 is 0 Å². The van der Waals surface area contributed by atoms with Crippen LogP contribution in [0.1, 0.15) is 6.04 Å². The highest BCUT2D eigenvalue weighted by Crippen LogP contribution is 2.20. The highest BCUT2D eigenvalue weighted by atomic mass is 16.3. The molecular formula is C10H11N3O2. The molecule has 15 heavy (non-hydrogen) atoms. The number of imidazole rings is 1. The summed E-state index contributed by atoms with van der Waals surface area (Å²) in [7, 11) is 0. The molecule has 5 heteroatoms. The van der Waals surface area contributed by atoms with Crippen LogP contribution in [0.15, 0.2) is 23.0 Å². The van der Waals surface area contributed by atoms with Crippen molar-refractivity contribution in [2.24, 2.45) is 0 Å². The zero-order valence-electron chi connectivity index (χ0n) is 8.03. The summed E-state index contributed by atoms with van der Waals surface area (Å²) in [5.74, 6) is 0.169. The van der Waals surface area contributed by atoms with Crippen molar-refractivity contribution in [2.45, 2.75) is 6.04 Å². The van der Waals surface area contributed by atoms with Gasteiger partial charge in [0.05, 0.1) is 17.1 Å². The van der Waals surface area contributed by atoms with E-state index in [1.54, 1.807) is 22.8 Å². The zero-order valence-corrected chi connectivity index (χ0v) is 8.03. The molecule has 3 rings (SSSR count). The second-order valence-corrected chi connectivity index (χ2v) is 3.81. The van der Waals surface area contributed by atoms with Gasteiger partial charge in [-0.1, -0.05) is 0 Å². The molecule has 1 aliphatic rings. The third-order valence-electron chi connectivity index (χ3n) is 2.83. The molecule has 1 fully saturated rings. The molecule has 0 atom stereocenters. The molecule has 0 radical (unpaired) electrons. The molecule has 2 heterocycles. The Morgan fingerprint density at radius 1 is 1.40 bits per heavy atom. The van der Waals surface area contributed by atoms with Crippen molar-refractivity contribution in [1.82, 2.24) is 14.9 Å². The fourth-order valence-corrected chi connectivity index (χ4v) is 1.94. The summed E-state index contributed by atoms with van der Waals surface area (Å²) in [6.45, 7) is 1.65. The first-order valence-electron chi connectivity index (χ1n) is 4.89. The smallest absolute Gasteiger partial charge is 0.326 e. The maximum absolute atomic E-state index is 11.7. The van der Waals surface area contributed by atoms with Crippen LogP contribution in [0.4, 0.5) is 0 Å². The molecule has 78 valence electrons. The van der Waals surface area contributed by atoms with Crippen LogP contribution in [-0.2, 0) is 0 Å². The molecule has 1 aliphatic heterocycles. The lowest BCUT2D eigenvalue weighted by molar-refractivity contribution is 0.344. The van der Waals surface area contributed by atoms with Gasteiger partial charge in [-0.05, 0) is 12.1 Å². The van der Waals surface area contributed by atoms with Gasteiger partial charge >= 0.3 is 5.69 Å². The number of aromatic amines is 1. The summed E-state index contributed by atoms with van der Waals surface area (Å²) < 4.78 is 1.74. The minimum absolute atomic E-state index is 0.109. The first-order chi connectivity index (χ1) is 7.25. The fraction of sp³-hybridized carbons (Fsp3) is 0.300. The number of nitrogens with zero attached hydrogens (tertiary/aromatic N) is 1. The zero-order chi connectivity index (χ0) is 10.4. The summed E-state index contributed by atoms with van der Waals surface area (Å²) in [5.41, 5.74) is 1.43. The lowest BCUT2D eigenvalue weighted by atomic mass is 10.1. The van der Waals surface area contributed by atoms with E-state index < -0.39 is 0 Å². The van der Waals surface area contributed by atoms with Crippen molar-refractivity contribution >= 4 is 11.0 Å². The number of phenolic OH excluding ortho intramolecular Hbond substituents is 1. The predicted molar refractivity (Wildman–Crippen MR) is 56.1 cm³/mol. The molecule has 5 nitrogen and oxygen atoms in total. The summed E-state index contributed by atoms with van der Waals surface area (Å²) in [6, 6.07) is 5.16. The Morgan fingerprint density at radius 2 is 2.20 bits per heavy atom. The Morgan fingerprint density at radius 3 is 2.87 bits per heavy atom. The van der Waals surface area contributed by atoms with Gasteiger partial charge in [0.2, 0.25) is 0 Å². The molecular weight excluding hydrogens is 194 g/mol. The van der Waals surface area contributed by atoms with E-state index in [0.29, 0.717) is 5.52 Å². The number of phenols is 1. The van der Waals surface area contributed by atoms with Crippen LogP contribution in [0.5, 0.6) is 5.75 Å². The van der Waals surface area contributed by atoms with E-state index in [-0.39, 0.29) is 17.5 Å². The second kappa shape index (κ2) is 2.87. The molecule has 0 aliphatic carbocycles. The highest BCUT2D eigenvalue weighted by molar-refractivity contribution is 5.77. The third kappa shape index (κ3) is 1.16. The van der Waals surface area contributed by atoms with E-state index in [1.165, 1.54) is 0 Å². The molecule has 3 N–H and O–H groups in total. The van der Waals surface area contributed by atoms with Gasteiger partial charge in [0.15, 0.2) is 0 Å². The molecule has 0 unspecified atom stereocenters. The van der Waals surface area contributed by atoms with Gasteiger partial charge in [-0.3, -0.25) is 4.57 Å². The number of rotatable bonds is 1. The van der Waals surface area contributed by atoms with Crippen LogP contribution in [-0.4, -0.2) is 27.7 Å². The lowest BCUT2D eigenvalue weighted by Crippen LogP contribution is -2.46. The maximum atomic E-state index is 11.7. The Hall–Kier alpha value is -1.75. The van der Waals surface area contributed by atoms with E-state index in [1.807, 2.05) is 0 Å². The summed E-state index contributed by atoms with van der Waals surface area (Å²) in [6.07, 6.45) is 0. The number of aromatic nitrogens is 2. The van der Waals surface area contributed by atoms with Crippen LogP contribution in [0, 0.1) is 0 Å². The lowest BCUT2D eigenvalue weighted by Gasteiger charge is -2.28. The summed E-state index contributed by atoms with van der Waals surface area (Å²) in [4.78, 5) is 14.4. The second-order valence-electron chi connectivity index (χ2n) is 3.81. The standard InChI is InChI=1S/C10H11N3O2/c14-7-1-2-9-8(3-7)12-10(15)13(9)6-4-11-5-6/h1-3,6,11,14H,4-5H2,(H,12,15). The minimum Gasteiger partial charge on any atom is -0.508 e. The first-order valence-corrected chi connectivity index (χ1v) is 4.89. The Bertz CT molecular complexity index is 566. The van der Waals surface area contributed by atoms with Gasteiger partial charge in [-0.15, -0.1) is 0 Å². The molecule has 0 amide bonds. The Kier molecular flexibility index (Phi) is 1.63. The van der Waals surface area contributed by atoms with Gasteiger partial charge in [0.1, 0.15) is 5.75 Å². The first kappa shape index (κ1) is 8.55. The normalized spacial score (nSPS) is 16.8. The SMILES string of the molecule is O=c1[nH]c2cc(O)ccc2n1C1CNC1. The number of aromatic hydroxyl groups is 1. The Labute approximate surface area is 85.3 Å². The molecule has 0 saturated carbocycles. The van der Waals surface area contributed by atoms with Gasteiger partial charge in [0, 0.05) is 19.2 Å². The van der Waals surface area contributed by atoms with E-state index in [9.17, 15) is 9.90 Å². The average molecular weight is 205 g/mol. The van der Waals surface area contributed by atoms with Gasteiger partial charge in [0.25, 0.3) is 0 Å². The molecule has 1 aromatic heterocycles.